The molecule has 0 saturated carbocycles. The SMILES string of the molecule is O=C1CN(Cc2ccccc2)C(=O)c2cccnc21. The normalized spacial score (nSPS) is 14.4. The standard InChI is InChI=1S/C15H12N2O2/c18-13-10-17(9-11-5-2-1-3-6-11)15(19)12-7-4-8-16-14(12)13/h1-8H,9-10H2. The predicted molar refractivity (Wildman–Crippen MR) is 69.8 cm³/mol. The molecule has 4 heteroatoms. The molecular formula is C15H12N2O2. The van der Waals surface area contributed by atoms with Crippen LogP contribution in [-0.2, 0) is 6.54 Å². The third kappa shape index (κ3) is 2.12. The molecule has 0 aliphatic carbocycles. The molecule has 0 bridgehead atoms. The lowest BCUT2D eigenvalue weighted by atomic mass is 10.0. The number of hydrogen-bond donors (Lipinski definition) is 0. The molecule has 94 valence electrons. The summed E-state index contributed by atoms with van der Waals surface area (Å²) in [5.74, 6) is -0.238. The number of amides is 1. The van der Waals surface area contributed by atoms with Crippen molar-refractivity contribution in [1.29, 1.82) is 0 Å². The van der Waals surface area contributed by atoms with Crippen LogP contribution in [0.25, 0.3) is 0 Å². The van der Waals surface area contributed by atoms with Crippen LogP contribution in [0, 0.1) is 0 Å². The minimum Gasteiger partial charge on any atom is -0.326 e. The van der Waals surface area contributed by atoms with Gasteiger partial charge in [0.05, 0.1) is 12.1 Å². The van der Waals surface area contributed by atoms with Crippen LogP contribution in [0.5, 0.6) is 0 Å². The molecule has 19 heavy (non-hydrogen) atoms. The van der Waals surface area contributed by atoms with Crippen molar-refractivity contribution < 1.29 is 9.59 Å². The molecule has 1 aliphatic heterocycles. The maximum absolute atomic E-state index is 12.3. The largest absolute Gasteiger partial charge is 0.326 e. The molecule has 3 rings (SSSR count). The maximum Gasteiger partial charge on any atom is 0.256 e. The van der Waals surface area contributed by atoms with Crippen LogP contribution in [0.3, 0.4) is 0 Å². The van der Waals surface area contributed by atoms with Gasteiger partial charge in [-0.15, -0.1) is 0 Å². The van der Waals surface area contributed by atoms with Crippen LogP contribution in [0.4, 0.5) is 0 Å². The fourth-order valence-corrected chi connectivity index (χ4v) is 2.22. The summed E-state index contributed by atoms with van der Waals surface area (Å²) >= 11 is 0. The lowest BCUT2D eigenvalue weighted by Gasteiger charge is -2.26. The Morgan fingerprint density at radius 1 is 1.05 bits per heavy atom. The molecule has 0 atom stereocenters. The Hall–Kier alpha value is -2.49. The highest BCUT2D eigenvalue weighted by Crippen LogP contribution is 2.18. The van der Waals surface area contributed by atoms with Gasteiger partial charge in [-0.3, -0.25) is 14.6 Å². The zero-order valence-electron chi connectivity index (χ0n) is 10.2. The van der Waals surface area contributed by atoms with Crippen molar-refractivity contribution in [2.75, 3.05) is 6.54 Å². The van der Waals surface area contributed by atoms with Crippen molar-refractivity contribution in [3.63, 3.8) is 0 Å². The number of aromatic nitrogens is 1. The first kappa shape index (κ1) is 11.6. The molecule has 1 aromatic carbocycles. The van der Waals surface area contributed by atoms with E-state index in [9.17, 15) is 9.59 Å². The molecule has 1 aromatic heterocycles. The summed E-state index contributed by atoms with van der Waals surface area (Å²) < 4.78 is 0. The third-order valence-electron chi connectivity index (χ3n) is 3.14. The van der Waals surface area contributed by atoms with Crippen LogP contribution >= 0.6 is 0 Å². The van der Waals surface area contributed by atoms with Gasteiger partial charge in [-0.25, -0.2) is 0 Å². The first-order chi connectivity index (χ1) is 9.25. The summed E-state index contributed by atoms with van der Waals surface area (Å²) in [6, 6.07) is 13.0. The second-order valence-corrected chi connectivity index (χ2v) is 4.47. The molecule has 1 amide bonds. The topological polar surface area (TPSA) is 50.3 Å². The fraction of sp³-hybridized carbons (Fsp3) is 0.133. The van der Waals surface area contributed by atoms with Crippen molar-refractivity contribution in [1.82, 2.24) is 9.88 Å². The van der Waals surface area contributed by atoms with Crippen LogP contribution in [0.1, 0.15) is 26.4 Å². The van der Waals surface area contributed by atoms with E-state index in [1.54, 1.807) is 17.0 Å². The molecule has 0 saturated heterocycles. The van der Waals surface area contributed by atoms with E-state index in [1.165, 1.54) is 6.20 Å². The number of hydrogen-bond acceptors (Lipinski definition) is 3. The highest BCUT2D eigenvalue weighted by atomic mass is 16.2. The summed E-state index contributed by atoms with van der Waals surface area (Å²) in [5, 5.41) is 0. The quantitative estimate of drug-likeness (QED) is 0.820. The Labute approximate surface area is 110 Å². The molecule has 1 aliphatic rings. The van der Waals surface area contributed by atoms with Crippen molar-refractivity contribution in [3.05, 3.63) is 65.5 Å². The Balaban J connectivity index is 1.91. The van der Waals surface area contributed by atoms with Gasteiger partial charge in [-0.2, -0.15) is 0 Å². The number of rotatable bonds is 2. The first-order valence-corrected chi connectivity index (χ1v) is 6.07. The van der Waals surface area contributed by atoms with Crippen LogP contribution in [0.15, 0.2) is 48.7 Å². The zero-order chi connectivity index (χ0) is 13.2. The second kappa shape index (κ2) is 4.65. The van der Waals surface area contributed by atoms with Crippen molar-refractivity contribution in [2.24, 2.45) is 0 Å². The predicted octanol–water partition coefficient (Wildman–Crippen LogP) is 1.92. The minimum atomic E-state index is -0.133. The van der Waals surface area contributed by atoms with E-state index in [2.05, 4.69) is 4.98 Å². The van der Waals surface area contributed by atoms with Gasteiger partial charge in [0.25, 0.3) is 5.91 Å². The lowest BCUT2D eigenvalue weighted by Crippen LogP contribution is -2.41. The van der Waals surface area contributed by atoms with E-state index >= 15 is 0 Å². The fourth-order valence-electron chi connectivity index (χ4n) is 2.22. The average Bonchev–Trinajstić information content (AvgIpc) is 2.46. The van der Waals surface area contributed by atoms with Crippen LogP contribution < -0.4 is 0 Å². The van der Waals surface area contributed by atoms with Crippen molar-refractivity contribution >= 4 is 11.7 Å². The monoisotopic (exact) mass is 252 g/mol. The number of Topliss-reactive ketones (excluding diaryl/α,β-unsaturated/α-hetero) is 1. The van der Waals surface area contributed by atoms with Gasteiger partial charge >= 0.3 is 0 Å². The molecule has 2 heterocycles. The molecular weight excluding hydrogens is 240 g/mol. The van der Waals surface area contributed by atoms with Gasteiger partial charge < -0.3 is 4.90 Å². The Kier molecular flexibility index (Phi) is 2.83. The van der Waals surface area contributed by atoms with Gasteiger partial charge in [0, 0.05) is 12.7 Å². The summed E-state index contributed by atoms with van der Waals surface area (Å²) in [4.78, 5) is 29.8. The van der Waals surface area contributed by atoms with Gasteiger partial charge in [0.15, 0.2) is 0 Å². The number of nitrogens with zero attached hydrogens (tertiary/aromatic N) is 2. The molecule has 0 N–H and O–H groups in total. The zero-order valence-corrected chi connectivity index (χ0v) is 10.2. The number of benzene rings is 1. The third-order valence-corrected chi connectivity index (χ3v) is 3.14. The molecule has 0 unspecified atom stereocenters. The van der Waals surface area contributed by atoms with E-state index in [4.69, 9.17) is 0 Å². The Morgan fingerprint density at radius 2 is 1.84 bits per heavy atom. The van der Waals surface area contributed by atoms with Gasteiger partial charge in [0.2, 0.25) is 5.78 Å². The van der Waals surface area contributed by atoms with E-state index < -0.39 is 0 Å². The van der Waals surface area contributed by atoms with Gasteiger partial charge in [0.1, 0.15) is 5.69 Å². The lowest BCUT2D eigenvalue weighted by molar-refractivity contribution is 0.0666. The molecule has 0 spiro atoms. The minimum absolute atomic E-state index is 0.0950. The van der Waals surface area contributed by atoms with E-state index in [0.29, 0.717) is 12.1 Å². The summed E-state index contributed by atoms with van der Waals surface area (Å²) in [6.07, 6.45) is 1.54. The van der Waals surface area contributed by atoms with Crippen molar-refractivity contribution in [2.45, 2.75) is 6.54 Å². The van der Waals surface area contributed by atoms with E-state index in [-0.39, 0.29) is 23.9 Å². The van der Waals surface area contributed by atoms with Gasteiger partial charge in [-0.1, -0.05) is 30.3 Å². The van der Waals surface area contributed by atoms with Crippen LogP contribution in [0.2, 0.25) is 0 Å². The molecule has 2 aromatic rings. The number of carbonyl (C=O) groups excluding carboxylic acids is 2. The smallest absolute Gasteiger partial charge is 0.256 e. The van der Waals surface area contributed by atoms with E-state index in [1.807, 2.05) is 30.3 Å². The average molecular weight is 252 g/mol. The highest BCUT2D eigenvalue weighted by Gasteiger charge is 2.30. The van der Waals surface area contributed by atoms with E-state index in [0.717, 1.165) is 5.56 Å². The summed E-state index contributed by atoms with van der Waals surface area (Å²) in [6.45, 7) is 0.539. The van der Waals surface area contributed by atoms with Crippen molar-refractivity contribution in [3.8, 4) is 0 Å². The highest BCUT2D eigenvalue weighted by molar-refractivity contribution is 6.12. The summed E-state index contributed by atoms with van der Waals surface area (Å²) in [5.41, 5.74) is 1.70. The second-order valence-electron chi connectivity index (χ2n) is 4.47. The Morgan fingerprint density at radius 3 is 2.63 bits per heavy atom. The molecule has 0 fully saturated rings. The molecule has 4 nitrogen and oxygen atoms in total. The molecule has 0 radical (unpaired) electrons. The number of carbonyl (C=O) groups is 2. The Bertz CT molecular complexity index is 638. The number of ketones is 1. The first-order valence-electron chi connectivity index (χ1n) is 6.07. The maximum atomic E-state index is 12.3. The summed E-state index contributed by atoms with van der Waals surface area (Å²) in [7, 11) is 0. The number of pyridine rings is 1. The van der Waals surface area contributed by atoms with Gasteiger partial charge in [-0.05, 0) is 17.7 Å². The number of fused-ring (bicyclic) bond motifs is 1. The van der Waals surface area contributed by atoms with Crippen LogP contribution in [-0.4, -0.2) is 28.1 Å².